The fourth-order valence-corrected chi connectivity index (χ4v) is 1.89. The molecule has 0 bridgehead atoms. The number of aryl methyl sites for hydroxylation is 1. The molecule has 0 radical (unpaired) electrons. The molecule has 0 spiro atoms. The van der Waals surface area contributed by atoms with Gasteiger partial charge in [0.2, 0.25) is 4.96 Å². The molecule has 0 aliphatic heterocycles. The average Bonchev–Trinajstić information content (AvgIpc) is 2.70. The van der Waals surface area contributed by atoms with Crippen molar-refractivity contribution in [3.8, 4) is 0 Å². The first-order valence-corrected chi connectivity index (χ1v) is 5.24. The summed E-state index contributed by atoms with van der Waals surface area (Å²) in [5.74, 6) is -0.203. The van der Waals surface area contributed by atoms with E-state index in [9.17, 15) is 4.79 Å². The molecule has 0 aliphatic carbocycles. The third-order valence-electron chi connectivity index (χ3n) is 1.78. The van der Waals surface area contributed by atoms with Crippen molar-refractivity contribution < 1.29 is 4.79 Å². The van der Waals surface area contributed by atoms with Crippen LogP contribution in [0.25, 0.3) is 4.96 Å². The Morgan fingerprint density at radius 1 is 1.80 bits per heavy atom. The van der Waals surface area contributed by atoms with Crippen LogP contribution in [0.1, 0.15) is 15.5 Å². The van der Waals surface area contributed by atoms with E-state index < -0.39 is 0 Å². The van der Waals surface area contributed by atoms with Crippen LogP contribution in [0.15, 0.2) is 18.9 Å². The third-order valence-corrected chi connectivity index (χ3v) is 2.62. The molecule has 2 aromatic rings. The van der Waals surface area contributed by atoms with Gasteiger partial charge in [-0.3, -0.25) is 4.79 Å². The Morgan fingerprint density at radius 3 is 3.27 bits per heavy atom. The molecule has 2 rings (SSSR count). The minimum absolute atomic E-state index is 0.203. The maximum absolute atomic E-state index is 11.5. The molecular formula is C9H10N4OS. The number of amides is 1. The molecule has 15 heavy (non-hydrogen) atoms. The van der Waals surface area contributed by atoms with Crippen LogP contribution in [0.2, 0.25) is 0 Å². The minimum atomic E-state index is -0.203. The molecule has 1 N–H and O–H groups in total. The van der Waals surface area contributed by atoms with Crippen molar-refractivity contribution in [1.29, 1.82) is 0 Å². The van der Waals surface area contributed by atoms with Crippen molar-refractivity contribution in [2.24, 2.45) is 0 Å². The van der Waals surface area contributed by atoms with Gasteiger partial charge in [-0.15, -0.1) is 6.58 Å². The number of imidazole rings is 1. The summed E-state index contributed by atoms with van der Waals surface area (Å²) in [6, 6.07) is 0. The minimum Gasteiger partial charge on any atom is -0.347 e. The van der Waals surface area contributed by atoms with Gasteiger partial charge in [0, 0.05) is 6.54 Å². The number of rotatable bonds is 3. The summed E-state index contributed by atoms with van der Waals surface area (Å²) in [5, 5.41) is 7.75. The van der Waals surface area contributed by atoms with Crippen LogP contribution in [-0.2, 0) is 0 Å². The number of carbonyl (C=O) groups excluding carboxylic acids is 1. The Hall–Kier alpha value is -1.69. The van der Waals surface area contributed by atoms with Crippen LogP contribution in [0, 0.1) is 6.92 Å². The van der Waals surface area contributed by atoms with Crippen LogP contribution in [0.5, 0.6) is 0 Å². The molecule has 0 saturated heterocycles. The zero-order chi connectivity index (χ0) is 10.8. The normalized spacial score (nSPS) is 10.5. The lowest BCUT2D eigenvalue weighted by atomic mass is 10.4. The summed E-state index contributed by atoms with van der Waals surface area (Å²) in [5.41, 5.74) is 0.385. The van der Waals surface area contributed by atoms with Crippen LogP contribution < -0.4 is 5.32 Å². The van der Waals surface area contributed by atoms with Gasteiger partial charge in [0.1, 0.15) is 10.7 Å². The Morgan fingerprint density at radius 2 is 2.60 bits per heavy atom. The molecule has 6 heteroatoms. The lowest BCUT2D eigenvalue weighted by Gasteiger charge is -1.96. The Bertz CT molecular complexity index is 482. The van der Waals surface area contributed by atoms with E-state index >= 15 is 0 Å². The smallest absolute Gasteiger partial charge is 0.271 e. The molecule has 0 atom stereocenters. The van der Waals surface area contributed by atoms with Gasteiger partial charge >= 0.3 is 0 Å². The maximum Gasteiger partial charge on any atom is 0.271 e. The largest absolute Gasteiger partial charge is 0.347 e. The molecule has 0 saturated carbocycles. The summed E-state index contributed by atoms with van der Waals surface area (Å²) in [6.07, 6.45) is 3.25. The van der Waals surface area contributed by atoms with Crippen molar-refractivity contribution >= 4 is 22.2 Å². The number of carbonyl (C=O) groups is 1. The zero-order valence-electron chi connectivity index (χ0n) is 8.23. The number of fused-ring (bicyclic) bond motifs is 1. The number of nitrogens with one attached hydrogen (secondary N) is 1. The third kappa shape index (κ3) is 1.89. The lowest BCUT2D eigenvalue weighted by molar-refractivity contribution is 0.0953. The Kier molecular flexibility index (Phi) is 2.51. The fourth-order valence-electron chi connectivity index (χ4n) is 1.16. The highest BCUT2D eigenvalue weighted by molar-refractivity contribution is 7.16. The van der Waals surface area contributed by atoms with Gasteiger partial charge in [0.05, 0.1) is 6.20 Å². The van der Waals surface area contributed by atoms with E-state index in [0.717, 1.165) is 9.97 Å². The van der Waals surface area contributed by atoms with Crippen molar-refractivity contribution in [2.45, 2.75) is 6.92 Å². The maximum atomic E-state index is 11.5. The molecule has 0 aromatic carbocycles. The number of hydrogen-bond acceptors (Lipinski definition) is 4. The van der Waals surface area contributed by atoms with E-state index in [1.165, 1.54) is 11.3 Å². The Labute approximate surface area is 90.4 Å². The highest BCUT2D eigenvalue weighted by Crippen LogP contribution is 2.13. The van der Waals surface area contributed by atoms with Gasteiger partial charge in [0.15, 0.2) is 0 Å². The second-order valence-corrected chi connectivity index (χ2v) is 4.13. The lowest BCUT2D eigenvalue weighted by Crippen LogP contribution is -2.23. The molecular weight excluding hydrogens is 212 g/mol. The first-order chi connectivity index (χ1) is 7.20. The van der Waals surface area contributed by atoms with Gasteiger partial charge in [-0.25, -0.2) is 9.50 Å². The summed E-state index contributed by atoms with van der Waals surface area (Å²) in [4.78, 5) is 16.4. The highest BCUT2D eigenvalue weighted by Gasteiger charge is 2.11. The highest BCUT2D eigenvalue weighted by atomic mass is 32.1. The van der Waals surface area contributed by atoms with Crippen molar-refractivity contribution in [1.82, 2.24) is 19.9 Å². The standard InChI is InChI=1S/C9H10N4OS/c1-3-4-10-8(14)7-5-13-9(11-7)15-6(2)12-13/h3,5H,1,4H2,2H3,(H,10,14). The second-order valence-electron chi connectivity index (χ2n) is 2.97. The van der Waals surface area contributed by atoms with Gasteiger partial charge < -0.3 is 5.32 Å². The number of nitrogens with zero attached hydrogens (tertiary/aromatic N) is 3. The number of aromatic nitrogens is 3. The van der Waals surface area contributed by atoms with E-state index in [2.05, 4.69) is 22.0 Å². The van der Waals surface area contributed by atoms with Gasteiger partial charge in [-0.1, -0.05) is 17.4 Å². The van der Waals surface area contributed by atoms with E-state index in [4.69, 9.17) is 0 Å². The summed E-state index contributed by atoms with van der Waals surface area (Å²) >= 11 is 1.45. The fraction of sp³-hybridized carbons (Fsp3) is 0.222. The van der Waals surface area contributed by atoms with E-state index in [0.29, 0.717) is 12.2 Å². The molecule has 2 heterocycles. The SMILES string of the molecule is C=CCNC(=O)c1cn2nc(C)sc2n1. The van der Waals surface area contributed by atoms with E-state index in [1.54, 1.807) is 16.8 Å². The Balaban J connectivity index is 2.24. The van der Waals surface area contributed by atoms with Crippen LogP contribution in [0.3, 0.4) is 0 Å². The van der Waals surface area contributed by atoms with Gasteiger partial charge in [-0.05, 0) is 6.92 Å². The topological polar surface area (TPSA) is 59.3 Å². The van der Waals surface area contributed by atoms with Crippen molar-refractivity contribution in [2.75, 3.05) is 6.54 Å². The predicted molar refractivity (Wildman–Crippen MR) is 58.1 cm³/mol. The van der Waals surface area contributed by atoms with Crippen LogP contribution >= 0.6 is 11.3 Å². The first-order valence-electron chi connectivity index (χ1n) is 4.42. The average molecular weight is 222 g/mol. The van der Waals surface area contributed by atoms with Crippen molar-refractivity contribution in [3.63, 3.8) is 0 Å². The van der Waals surface area contributed by atoms with E-state index in [1.807, 2.05) is 6.92 Å². The molecule has 2 aromatic heterocycles. The van der Waals surface area contributed by atoms with Crippen LogP contribution in [0.4, 0.5) is 0 Å². The quantitative estimate of drug-likeness (QED) is 0.789. The second kappa shape index (κ2) is 3.82. The molecule has 0 unspecified atom stereocenters. The first kappa shape index (κ1) is 9.85. The molecule has 1 amide bonds. The predicted octanol–water partition coefficient (Wildman–Crippen LogP) is 1.02. The molecule has 0 aliphatic rings. The molecule has 78 valence electrons. The van der Waals surface area contributed by atoms with E-state index in [-0.39, 0.29) is 5.91 Å². The van der Waals surface area contributed by atoms with Crippen molar-refractivity contribution in [3.05, 3.63) is 29.6 Å². The monoisotopic (exact) mass is 222 g/mol. The van der Waals surface area contributed by atoms with Crippen LogP contribution in [-0.4, -0.2) is 27.0 Å². The number of hydrogen-bond donors (Lipinski definition) is 1. The molecule has 5 nitrogen and oxygen atoms in total. The summed E-state index contributed by atoms with van der Waals surface area (Å²) in [7, 11) is 0. The molecule has 0 fully saturated rings. The van der Waals surface area contributed by atoms with Gasteiger partial charge in [0.25, 0.3) is 5.91 Å². The van der Waals surface area contributed by atoms with Gasteiger partial charge in [-0.2, -0.15) is 5.10 Å². The summed E-state index contributed by atoms with van der Waals surface area (Å²) in [6.45, 7) is 5.86. The summed E-state index contributed by atoms with van der Waals surface area (Å²) < 4.78 is 1.61. The zero-order valence-corrected chi connectivity index (χ0v) is 9.04.